The summed E-state index contributed by atoms with van der Waals surface area (Å²) in [7, 11) is 0. The SMILES string of the molecule is NNC(CC1CC2CCC1C2)c1ccc(I)c(Cl)c1. The number of hydrogen-bond donors (Lipinski definition) is 2. The molecule has 4 unspecified atom stereocenters. The van der Waals surface area contributed by atoms with Crippen LogP contribution < -0.4 is 11.3 Å². The zero-order valence-corrected chi connectivity index (χ0v) is 13.8. The lowest BCUT2D eigenvalue weighted by Crippen LogP contribution is -2.30. The number of hydrogen-bond acceptors (Lipinski definition) is 2. The molecule has 2 aliphatic rings. The Morgan fingerprint density at radius 1 is 1.37 bits per heavy atom. The molecule has 2 nitrogen and oxygen atoms in total. The first-order valence-corrected chi connectivity index (χ1v) is 8.54. The molecule has 2 bridgehead atoms. The first kappa shape index (κ1) is 14.1. The van der Waals surface area contributed by atoms with Gasteiger partial charge in [-0.25, -0.2) is 0 Å². The van der Waals surface area contributed by atoms with Crippen molar-refractivity contribution in [2.45, 2.75) is 38.1 Å². The average Bonchev–Trinajstić information content (AvgIpc) is 3.01. The van der Waals surface area contributed by atoms with Crippen LogP contribution in [0.1, 0.15) is 43.7 Å². The molecular weight excluding hydrogens is 371 g/mol. The largest absolute Gasteiger partial charge is 0.271 e. The lowest BCUT2D eigenvalue weighted by atomic mass is 9.83. The Hall–Kier alpha value is 0.160. The standard InChI is InChI=1S/C15H20ClIN2/c16-13-7-11(3-4-14(13)17)15(19-18)8-12-6-9-1-2-10(12)5-9/h3-4,7,9-10,12,15,19H,1-2,5-6,8,18H2. The fourth-order valence-electron chi connectivity index (χ4n) is 4.00. The van der Waals surface area contributed by atoms with Gasteiger partial charge in [-0.1, -0.05) is 24.1 Å². The summed E-state index contributed by atoms with van der Waals surface area (Å²) in [5, 5.41) is 0.825. The van der Waals surface area contributed by atoms with Gasteiger partial charge in [-0.2, -0.15) is 0 Å². The third kappa shape index (κ3) is 2.94. The Kier molecular flexibility index (Phi) is 4.37. The van der Waals surface area contributed by atoms with Gasteiger partial charge in [-0.05, 0) is 83.7 Å². The van der Waals surface area contributed by atoms with Gasteiger partial charge >= 0.3 is 0 Å². The third-order valence-corrected chi connectivity index (χ3v) is 6.54. The number of nitrogens with two attached hydrogens (primary N) is 1. The highest BCUT2D eigenvalue weighted by Crippen LogP contribution is 2.50. The molecule has 0 radical (unpaired) electrons. The number of hydrazine groups is 1. The zero-order chi connectivity index (χ0) is 13.4. The van der Waals surface area contributed by atoms with E-state index < -0.39 is 0 Å². The van der Waals surface area contributed by atoms with Crippen LogP contribution in [-0.2, 0) is 0 Å². The molecule has 3 rings (SSSR count). The molecule has 0 aliphatic heterocycles. The molecule has 4 heteroatoms. The second kappa shape index (κ2) is 5.88. The third-order valence-electron chi connectivity index (χ3n) is 4.97. The quantitative estimate of drug-likeness (QED) is 0.457. The average molecular weight is 391 g/mol. The van der Waals surface area contributed by atoms with Crippen molar-refractivity contribution in [3.63, 3.8) is 0 Å². The van der Waals surface area contributed by atoms with Crippen LogP contribution in [0, 0.1) is 21.3 Å². The molecule has 2 fully saturated rings. The molecule has 0 saturated heterocycles. The Labute approximate surface area is 133 Å². The molecule has 2 aliphatic carbocycles. The molecule has 0 aromatic heterocycles. The minimum atomic E-state index is 0.235. The molecule has 0 heterocycles. The maximum atomic E-state index is 6.22. The van der Waals surface area contributed by atoms with E-state index in [0.29, 0.717) is 0 Å². The predicted molar refractivity (Wildman–Crippen MR) is 87.8 cm³/mol. The van der Waals surface area contributed by atoms with E-state index in [1.54, 1.807) is 0 Å². The lowest BCUT2D eigenvalue weighted by molar-refractivity contribution is 0.280. The number of rotatable bonds is 4. The van der Waals surface area contributed by atoms with E-state index >= 15 is 0 Å². The monoisotopic (exact) mass is 390 g/mol. The summed E-state index contributed by atoms with van der Waals surface area (Å²) in [6.07, 6.45) is 6.89. The number of halogens is 2. The first-order valence-electron chi connectivity index (χ1n) is 7.08. The van der Waals surface area contributed by atoms with Crippen molar-refractivity contribution in [3.8, 4) is 0 Å². The molecule has 2 saturated carbocycles. The zero-order valence-electron chi connectivity index (χ0n) is 10.9. The Balaban J connectivity index is 1.71. The van der Waals surface area contributed by atoms with Crippen LogP contribution in [0.2, 0.25) is 5.02 Å². The summed E-state index contributed by atoms with van der Waals surface area (Å²) in [4.78, 5) is 0. The van der Waals surface area contributed by atoms with E-state index in [1.165, 1.54) is 31.2 Å². The number of benzene rings is 1. The van der Waals surface area contributed by atoms with Crippen LogP contribution in [0.3, 0.4) is 0 Å². The van der Waals surface area contributed by atoms with Gasteiger partial charge in [-0.3, -0.25) is 11.3 Å². The molecule has 1 aromatic rings. The fraction of sp³-hybridized carbons (Fsp3) is 0.600. The van der Waals surface area contributed by atoms with Gasteiger partial charge in [0, 0.05) is 9.61 Å². The van der Waals surface area contributed by atoms with Gasteiger partial charge < -0.3 is 0 Å². The molecule has 104 valence electrons. The maximum Gasteiger partial charge on any atom is 0.0542 e. The van der Waals surface area contributed by atoms with Crippen LogP contribution in [0.4, 0.5) is 0 Å². The highest BCUT2D eigenvalue weighted by molar-refractivity contribution is 14.1. The van der Waals surface area contributed by atoms with E-state index in [-0.39, 0.29) is 6.04 Å². The van der Waals surface area contributed by atoms with Crippen LogP contribution in [0.5, 0.6) is 0 Å². The first-order chi connectivity index (χ1) is 9.17. The van der Waals surface area contributed by atoms with E-state index in [2.05, 4.69) is 46.2 Å². The summed E-state index contributed by atoms with van der Waals surface area (Å²) in [5.74, 6) is 8.56. The van der Waals surface area contributed by atoms with Crippen LogP contribution >= 0.6 is 34.2 Å². The Morgan fingerprint density at radius 3 is 2.79 bits per heavy atom. The van der Waals surface area contributed by atoms with Crippen molar-refractivity contribution in [1.82, 2.24) is 5.43 Å². The van der Waals surface area contributed by atoms with Crippen molar-refractivity contribution in [2.75, 3.05) is 0 Å². The molecular formula is C15H20ClIN2. The van der Waals surface area contributed by atoms with Gasteiger partial charge in [0.25, 0.3) is 0 Å². The maximum absolute atomic E-state index is 6.22. The highest BCUT2D eigenvalue weighted by atomic mass is 127. The summed E-state index contributed by atoms with van der Waals surface area (Å²) >= 11 is 8.48. The molecule has 0 spiro atoms. The summed E-state index contributed by atoms with van der Waals surface area (Å²) < 4.78 is 1.10. The topological polar surface area (TPSA) is 38.0 Å². The minimum absolute atomic E-state index is 0.235. The molecule has 0 amide bonds. The predicted octanol–water partition coefficient (Wildman–Crippen LogP) is 4.28. The molecule has 4 atom stereocenters. The highest BCUT2D eigenvalue weighted by Gasteiger charge is 2.40. The van der Waals surface area contributed by atoms with Crippen LogP contribution in [0.25, 0.3) is 0 Å². The van der Waals surface area contributed by atoms with Crippen molar-refractivity contribution in [1.29, 1.82) is 0 Å². The van der Waals surface area contributed by atoms with Gasteiger partial charge in [0.2, 0.25) is 0 Å². The molecule has 1 aromatic carbocycles. The fourth-order valence-corrected chi connectivity index (χ4v) is 4.52. The number of nitrogens with one attached hydrogen (secondary N) is 1. The van der Waals surface area contributed by atoms with Gasteiger partial charge in [0.15, 0.2) is 0 Å². The minimum Gasteiger partial charge on any atom is -0.271 e. The van der Waals surface area contributed by atoms with Gasteiger partial charge in [-0.15, -0.1) is 0 Å². The summed E-state index contributed by atoms with van der Waals surface area (Å²) in [5.41, 5.74) is 4.21. The second-order valence-corrected chi connectivity index (χ2v) is 7.63. The van der Waals surface area contributed by atoms with Crippen molar-refractivity contribution in [3.05, 3.63) is 32.4 Å². The Morgan fingerprint density at radius 2 is 2.21 bits per heavy atom. The van der Waals surface area contributed by atoms with E-state index in [4.69, 9.17) is 17.4 Å². The summed E-state index contributed by atoms with van der Waals surface area (Å²) in [6.45, 7) is 0. The van der Waals surface area contributed by atoms with E-state index in [1.807, 2.05) is 0 Å². The van der Waals surface area contributed by atoms with Gasteiger partial charge in [0.1, 0.15) is 0 Å². The van der Waals surface area contributed by atoms with E-state index in [9.17, 15) is 0 Å². The summed E-state index contributed by atoms with van der Waals surface area (Å²) in [6, 6.07) is 6.51. The number of fused-ring (bicyclic) bond motifs is 2. The van der Waals surface area contributed by atoms with Crippen molar-refractivity contribution < 1.29 is 0 Å². The van der Waals surface area contributed by atoms with Gasteiger partial charge in [0.05, 0.1) is 5.02 Å². The van der Waals surface area contributed by atoms with E-state index in [0.717, 1.165) is 32.8 Å². The van der Waals surface area contributed by atoms with Crippen LogP contribution in [-0.4, -0.2) is 0 Å². The normalized spacial score (nSPS) is 30.8. The van der Waals surface area contributed by atoms with Crippen LogP contribution in [0.15, 0.2) is 18.2 Å². The lowest BCUT2D eigenvalue weighted by Gasteiger charge is -2.26. The smallest absolute Gasteiger partial charge is 0.0542 e. The van der Waals surface area contributed by atoms with Crippen molar-refractivity contribution in [2.24, 2.45) is 23.6 Å². The van der Waals surface area contributed by atoms with Crippen molar-refractivity contribution >= 4 is 34.2 Å². The molecule has 19 heavy (non-hydrogen) atoms. The Bertz CT molecular complexity index is 465. The second-order valence-electron chi connectivity index (χ2n) is 6.06. The molecule has 3 N–H and O–H groups in total.